The summed E-state index contributed by atoms with van der Waals surface area (Å²) < 4.78 is 14.6. The third-order valence-corrected chi connectivity index (χ3v) is 4.43. The molecule has 100 valence electrons. The van der Waals surface area contributed by atoms with Gasteiger partial charge in [-0.2, -0.15) is 0 Å². The first-order valence-electron chi connectivity index (χ1n) is 6.24. The molecule has 3 aromatic rings. The lowest BCUT2D eigenvalue weighted by Crippen LogP contribution is -1.98. The molecule has 1 unspecified atom stereocenters. The minimum Gasteiger partial charge on any atom is -0.205 e. The maximum absolute atomic E-state index is 14.2. The van der Waals surface area contributed by atoms with Crippen LogP contribution in [0.25, 0.3) is 10.8 Å². The number of rotatable bonds is 2. The molecule has 0 aliphatic heterocycles. The largest absolute Gasteiger partial charge is 0.205 e. The molecule has 1 atom stereocenters. The van der Waals surface area contributed by atoms with E-state index in [0.29, 0.717) is 10.0 Å². The maximum Gasteiger partial charge on any atom is 0.142 e. The molecule has 0 spiro atoms. The maximum atomic E-state index is 14.2. The third-order valence-electron chi connectivity index (χ3n) is 3.35. The first-order chi connectivity index (χ1) is 9.68. The fraction of sp³-hybridized carbons (Fsp3) is 0.0588. The fourth-order valence-electron chi connectivity index (χ4n) is 2.36. The molecule has 3 heteroatoms. The summed E-state index contributed by atoms with van der Waals surface area (Å²) in [6.45, 7) is 0. The van der Waals surface area contributed by atoms with Crippen molar-refractivity contribution < 1.29 is 4.39 Å². The molecule has 3 rings (SSSR count). The quantitative estimate of drug-likeness (QED) is 0.493. The van der Waals surface area contributed by atoms with E-state index in [1.165, 1.54) is 0 Å². The van der Waals surface area contributed by atoms with E-state index in [1.807, 2.05) is 42.5 Å². The second-order valence-corrected chi connectivity index (χ2v) is 5.86. The van der Waals surface area contributed by atoms with Crippen molar-refractivity contribution in [2.45, 2.75) is 5.38 Å². The zero-order chi connectivity index (χ0) is 14.1. The van der Waals surface area contributed by atoms with E-state index >= 15 is 0 Å². The second-order valence-electron chi connectivity index (χ2n) is 4.57. The lowest BCUT2D eigenvalue weighted by Gasteiger charge is -2.14. The highest BCUT2D eigenvalue weighted by Crippen LogP contribution is 2.36. The second kappa shape index (κ2) is 5.55. The molecule has 0 N–H and O–H groups in total. The van der Waals surface area contributed by atoms with E-state index in [1.54, 1.807) is 18.2 Å². The Morgan fingerprint density at radius 3 is 2.35 bits per heavy atom. The Morgan fingerprint density at radius 2 is 1.50 bits per heavy atom. The number of fused-ring (bicyclic) bond motifs is 1. The van der Waals surface area contributed by atoms with Gasteiger partial charge in [0.25, 0.3) is 0 Å². The van der Waals surface area contributed by atoms with Crippen molar-refractivity contribution in [2.24, 2.45) is 0 Å². The molecule has 0 aromatic heterocycles. The van der Waals surface area contributed by atoms with Crippen LogP contribution in [0, 0.1) is 5.82 Å². The fourth-order valence-corrected chi connectivity index (χ4v) is 3.10. The van der Waals surface area contributed by atoms with Crippen LogP contribution in [0.4, 0.5) is 4.39 Å². The Hall–Kier alpha value is -1.38. The highest BCUT2D eigenvalue weighted by Gasteiger charge is 2.18. The summed E-state index contributed by atoms with van der Waals surface area (Å²) >= 11 is 9.73. The Labute approximate surface area is 130 Å². The number of benzene rings is 3. The van der Waals surface area contributed by atoms with Crippen LogP contribution >= 0.6 is 27.5 Å². The van der Waals surface area contributed by atoms with Crippen molar-refractivity contribution in [2.75, 3.05) is 0 Å². The van der Waals surface area contributed by atoms with Crippen molar-refractivity contribution in [3.63, 3.8) is 0 Å². The summed E-state index contributed by atoms with van der Waals surface area (Å²) in [5.74, 6) is -0.305. The van der Waals surface area contributed by atoms with Crippen molar-refractivity contribution in [3.05, 3.63) is 82.1 Å². The molecule has 3 aromatic carbocycles. The predicted octanol–water partition coefficient (Wildman–Crippen LogP) is 6.07. The lowest BCUT2D eigenvalue weighted by molar-refractivity contribution is 0.606. The highest BCUT2D eigenvalue weighted by atomic mass is 79.9. The van der Waals surface area contributed by atoms with E-state index < -0.39 is 5.38 Å². The molecule has 0 radical (unpaired) electrons. The molecule has 20 heavy (non-hydrogen) atoms. The van der Waals surface area contributed by atoms with Crippen LogP contribution < -0.4 is 0 Å². The number of halogens is 3. The van der Waals surface area contributed by atoms with E-state index in [9.17, 15) is 4.39 Å². The summed E-state index contributed by atoms with van der Waals surface area (Å²) in [6.07, 6.45) is 0. The van der Waals surface area contributed by atoms with E-state index in [-0.39, 0.29) is 5.82 Å². The molecule has 0 nitrogen and oxygen atoms in total. The van der Waals surface area contributed by atoms with Crippen molar-refractivity contribution in [3.8, 4) is 0 Å². The molecule has 0 aliphatic rings. The Balaban J connectivity index is 2.18. The van der Waals surface area contributed by atoms with Crippen molar-refractivity contribution in [1.82, 2.24) is 0 Å². The van der Waals surface area contributed by atoms with Gasteiger partial charge in [0.15, 0.2) is 0 Å². The average Bonchev–Trinajstić information content (AvgIpc) is 2.49. The zero-order valence-corrected chi connectivity index (χ0v) is 12.8. The van der Waals surface area contributed by atoms with Gasteiger partial charge in [0.05, 0.1) is 9.85 Å². The topological polar surface area (TPSA) is 0 Å². The monoisotopic (exact) mass is 348 g/mol. The smallest absolute Gasteiger partial charge is 0.142 e. The van der Waals surface area contributed by atoms with E-state index in [4.69, 9.17) is 11.6 Å². The minimum atomic E-state index is -0.515. The summed E-state index contributed by atoms with van der Waals surface area (Å²) in [4.78, 5) is 0. The highest BCUT2D eigenvalue weighted by molar-refractivity contribution is 9.10. The van der Waals surface area contributed by atoms with Crippen LogP contribution in [0.15, 0.2) is 65.1 Å². The summed E-state index contributed by atoms with van der Waals surface area (Å²) in [5, 5.41) is 1.64. The summed E-state index contributed by atoms with van der Waals surface area (Å²) in [7, 11) is 0. The number of hydrogen-bond acceptors (Lipinski definition) is 0. The van der Waals surface area contributed by atoms with Gasteiger partial charge in [-0.1, -0.05) is 54.6 Å². The van der Waals surface area contributed by atoms with Crippen molar-refractivity contribution in [1.29, 1.82) is 0 Å². The van der Waals surface area contributed by atoms with E-state index in [0.717, 1.165) is 16.3 Å². The van der Waals surface area contributed by atoms with Crippen LogP contribution in [0.2, 0.25) is 0 Å². The average molecular weight is 350 g/mol. The molecule has 0 fully saturated rings. The van der Waals surface area contributed by atoms with Crippen molar-refractivity contribution >= 4 is 38.3 Å². The molecule has 0 amide bonds. The number of alkyl halides is 1. The summed E-state index contributed by atoms with van der Waals surface area (Å²) in [5.41, 5.74) is 1.40. The van der Waals surface area contributed by atoms with Gasteiger partial charge in [-0.3, -0.25) is 0 Å². The van der Waals surface area contributed by atoms with Crippen LogP contribution in [-0.2, 0) is 0 Å². The first-order valence-corrected chi connectivity index (χ1v) is 7.47. The van der Waals surface area contributed by atoms with Gasteiger partial charge in [0.1, 0.15) is 5.82 Å². The standard InChI is InChI=1S/C17H11BrClF/c18-15-10-4-9-14(17(15)20)16(19)13-8-3-6-11-5-1-2-7-12(11)13/h1-10,16H. The molecule has 0 aliphatic carbocycles. The minimum absolute atomic E-state index is 0.305. The lowest BCUT2D eigenvalue weighted by atomic mass is 9.98. The molecule has 0 heterocycles. The predicted molar refractivity (Wildman–Crippen MR) is 85.7 cm³/mol. The molecular weight excluding hydrogens is 339 g/mol. The Bertz CT molecular complexity index is 765. The summed E-state index contributed by atoms with van der Waals surface area (Å²) in [6, 6.07) is 19.1. The molecular formula is C17H11BrClF. The van der Waals surface area contributed by atoms with Gasteiger partial charge in [0.2, 0.25) is 0 Å². The van der Waals surface area contributed by atoms with Crippen LogP contribution in [-0.4, -0.2) is 0 Å². The first kappa shape index (κ1) is 13.6. The molecule has 0 saturated heterocycles. The van der Waals surface area contributed by atoms with Gasteiger partial charge in [-0.25, -0.2) is 4.39 Å². The van der Waals surface area contributed by atoms with Gasteiger partial charge < -0.3 is 0 Å². The molecule has 0 saturated carbocycles. The number of hydrogen-bond donors (Lipinski definition) is 0. The van der Waals surface area contributed by atoms with Gasteiger partial charge >= 0.3 is 0 Å². The van der Waals surface area contributed by atoms with E-state index in [2.05, 4.69) is 15.9 Å². The van der Waals surface area contributed by atoms with Crippen LogP contribution in [0.1, 0.15) is 16.5 Å². The van der Waals surface area contributed by atoms with Gasteiger partial charge in [0, 0.05) is 5.56 Å². The Morgan fingerprint density at radius 1 is 0.850 bits per heavy atom. The van der Waals surface area contributed by atoms with Gasteiger partial charge in [-0.15, -0.1) is 11.6 Å². The third kappa shape index (κ3) is 2.34. The SMILES string of the molecule is Fc1c(Br)cccc1C(Cl)c1cccc2ccccc12. The normalized spacial score (nSPS) is 12.6. The van der Waals surface area contributed by atoms with Crippen LogP contribution in [0.5, 0.6) is 0 Å². The molecule has 0 bridgehead atoms. The van der Waals surface area contributed by atoms with Crippen LogP contribution in [0.3, 0.4) is 0 Å². The van der Waals surface area contributed by atoms with Gasteiger partial charge in [-0.05, 0) is 38.3 Å². The zero-order valence-electron chi connectivity index (χ0n) is 10.5. The Kier molecular flexibility index (Phi) is 3.77.